The van der Waals surface area contributed by atoms with Gasteiger partial charge >= 0.3 is 0 Å². The van der Waals surface area contributed by atoms with Gasteiger partial charge in [-0.3, -0.25) is 0 Å². The van der Waals surface area contributed by atoms with E-state index in [1.54, 1.807) is 0 Å². The molecule has 1 aromatic rings. The Morgan fingerprint density at radius 2 is 1.87 bits per heavy atom. The number of rotatable bonds is 3. The van der Waals surface area contributed by atoms with Gasteiger partial charge in [-0.25, -0.2) is 13.2 Å². The van der Waals surface area contributed by atoms with E-state index in [2.05, 4.69) is 0 Å². The molecule has 84 valence electrons. The molecular formula is C11H14F3N. The third-order valence-corrected chi connectivity index (χ3v) is 2.53. The Bertz CT molecular complexity index is 363. The van der Waals surface area contributed by atoms with Crippen molar-refractivity contribution in [1.82, 2.24) is 0 Å². The summed E-state index contributed by atoms with van der Waals surface area (Å²) in [6, 6.07) is 0.829. The fraction of sp³-hybridized carbons (Fsp3) is 0.455. The molecule has 0 fully saturated rings. The zero-order valence-electron chi connectivity index (χ0n) is 8.78. The van der Waals surface area contributed by atoms with Crippen LogP contribution in [0.2, 0.25) is 0 Å². The summed E-state index contributed by atoms with van der Waals surface area (Å²) in [7, 11) is 0. The minimum Gasteiger partial charge on any atom is -0.396 e. The predicted molar refractivity (Wildman–Crippen MR) is 53.9 cm³/mol. The first-order valence-electron chi connectivity index (χ1n) is 4.89. The average molecular weight is 217 g/mol. The van der Waals surface area contributed by atoms with Crippen LogP contribution in [-0.2, 0) is 6.42 Å². The molecule has 0 amide bonds. The van der Waals surface area contributed by atoms with E-state index in [0.717, 1.165) is 12.5 Å². The van der Waals surface area contributed by atoms with Crippen LogP contribution in [0, 0.1) is 23.4 Å². The molecule has 4 heteroatoms. The summed E-state index contributed by atoms with van der Waals surface area (Å²) >= 11 is 0. The molecule has 1 nitrogen and oxygen atoms in total. The van der Waals surface area contributed by atoms with Crippen molar-refractivity contribution in [2.24, 2.45) is 5.92 Å². The van der Waals surface area contributed by atoms with Crippen LogP contribution in [0.3, 0.4) is 0 Å². The largest absolute Gasteiger partial charge is 0.396 e. The van der Waals surface area contributed by atoms with E-state index in [1.807, 2.05) is 13.8 Å². The standard InChI is InChI=1S/C11H14F3N/c1-3-6(2)4-7-8(12)5-9(15)11(14)10(7)13/h5-6H,3-4,15H2,1-2H3. The van der Waals surface area contributed by atoms with Crippen molar-refractivity contribution in [2.75, 3.05) is 5.73 Å². The lowest BCUT2D eigenvalue weighted by Gasteiger charge is -2.11. The Labute approximate surface area is 87.1 Å². The van der Waals surface area contributed by atoms with E-state index in [1.165, 1.54) is 0 Å². The molecule has 0 saturated carbocycles. The molecule has 15 heavy (non-hydrogen) atoms. The lowest BCUT2D eigenvalue weighted by atomic mass is 9.97. The summed E-state index contributed by atoms with van der Waals surface area (Å²) in [5.74, 6) is -2.98. The van der Waals surface area contributed by atoms with Gasteiger partial charge in [-0.1, -0.05) is 20.3 Å². The SMILES string of the molecule is CCC(C)Cc1c(F)cc(N)c(F)c1F. The quantitative estimate of drug-likeness (QED) is 0.610. The fourth-order valence-electron chi connectivity index (χ4n) is 1.33. The Hall–Kier alpha value is -1.19. The van der Waals surface area contributed by atoms with Crippen LogP contribution in [0.15, 0.2) is 6.07 Å². The van der Waals surface area contributed by atoms with Crippen LogP contribution in [0.25, 0.3) is 0 Å². The number of benzene rings is 1. The fourth-order valence-corrected chi connectivity index (χ4v) is 1.33. The van der Waals surface area contributed by atoms with Crippen LogP contribution >= 0.6 is 0 Å². The first kappa shape index (κ1) is 11.9. The maximum atomic E-state index is 13.3. The molecule has 0 bridgehead atoms. The second-order valence-electron chi connectivity index (χ2n) is 3.77. The van der Waals surface area contributed by atoms with Gasteiger partial charge in [0.05, 0.1) is 5.69 Å². The highest BCUT2D eigenvalue weighted by Gasteiger charge is 2.18. The minimum atomic E-state index is -1.16. The molecule has 0 aliphatic rings. The number of anilines is 1. The van der Waals surface area contributed by atoms with E-state index in [0.29, 0.717) is 0 Å². The van der Waals surface area contributed by atoms with Crippen LogP contribution in [-0.4, -0.2) is 0 Å². The Kier molecular flexibility index (Phi) is 3.61. The first-order chi connectivity index (χ1) is 6.97. The molecule has 1 rings (SSSR count). The van der Waals surface area contributed by atoms with Crippen molar-refractivity contribution < 1.29 is 13.2 Å². The van der Waals surface area contributed by atoms with E-state index in [4.69, 9.17) is 5.73 Å². The van der Waals surface area contributed by atoms with Crippen LogP contribution in [0.4, 0.5) is 18.9 Å². The predicted octanol–water partition coefficient (Wildman–Crippen LogP) is 3.27. The first-order valence-corrected chi connectivity index (χ1v) is 4.89. The van der Waals surface area contributed by atoms with Crippen molar-refractivity contribution in [3.63, 3.8) is 0 Å². The van der Waals surface area contributed by atoms with Crippen LogP contribution in [0.1, 0.15) is 25.8 Å². The normalized spacial score (nSPS) is 12.9. The van der Waals surface area contributed by atoms with Gasteiger partial charge in [-0.15, -0.1) is 0 Å². The lowest BCUT2D eigenvalue weighted by molar-refractivity contribution is 0.459. The second kappa shape index (κ2) is 4.55. The zero-order chi connectivity index (χ0) is 11.6. The monoisotopic (exact) mass is 217 g/mol. The van der Waals surface area contributed by atoms with Crippen LogP contribution in [0.5, 0.6) is 0 Å². The number of nitrogens with two attached hydrogens (primary N) is 1. The smallest absolute Gasteiger partial charge is 0.182 e. The highest BCUT2D eigenvalue weighted by atomic mass is 19.2. The number of nitrogen functional groups attached to an aromatic ring is 1. The number of hydrogen-bond donors (Lipinski definition) is 1. The summed E-state index contributed by atoms with van der Waals surface area (Å²) in [5, 5.41) is 0. The van der Waals surface area contributed by atoms with Crippen molar-refractivity contribution in [2.45, 2.75) is 26.7 Å². The average Bonchev–Trinajstić information content (AvgIpc) is 2.21. The molecule has 0 aromatic heterocycles. The summed E-state index contributed by atoms with van der Waals surface area (Å²) in [5.41, 5.74) is 4.40. The van der Waals surface area contributed by atoms with Crippen molar-refractivity contribution in [3.05, 3.63) is 29.1 Å². The topological polar surface area (TPSA) is 26.0 Å². The molecule has 1 unspecified atom stereocenters. The molecular weight excluding hydrogens is 203 g/mol. The molecule has 1 aromatic carbocycles. The van der Waals surface area contributed by atoms with Gasteiger partial charge < -0.3 is 5.73 Å². The molecule has 1 atom stereocenters. The zero-order valence-corrected chi connectivity index (χ0v) is 8.78. The summed E-state index contributed by atoms with van der Waals surface area (Å²) < 4.78 is 39.7. The van der Waals surface area contributed by atoms with Gasteiger partial charge in [0.2, 0.25) is 0 Å². The number of halogens is 3. The minimum absolute atomic E-state index is 0.108. The molecule has 0 heterocycles. The molecule has 0 aliphatic carbocycles. The highest BCUT2D eigenvalue weighted by molar-refractivity contribution is 5.43. The van der Waals surface area contributed by atoms with Crippen LogP contribution < -0.4 is 5.73 Å². The molecule has 0 saturated heterocycles. The van der Waals surface area contributed by atoms with Gasteiger partial charge in [0.25, 0.3) is 0 Å². The molecule has 0 aliphatic heterocycles. The third kappa shape index (κ3) is 2.43. The lowest BCUT2D eigenvalue weighted by Crippen LogP contribution is -2.07. The van der Waals surface area contributed by atoms with Gasteiger partial charge in [0, 0.05) is 11.6 Å². The van der Waals surface area contributed by atoms with E-state index in [-0.39, 0.29) is 17.9 Å². The third-order valence-electron chi connectivity index (χ3n) is 2.53. The van der Waals surface area contributed by atoms with E-state index >= 15 is 0 Å². The number of hydrogen-bond acceptors (Lipinski definition) is 1. The second-order valence-corrected chi connectivity index (χ2v) is 3.77. The maximum absolute atomic E-state index is 13.3. The molecule has 0 spiro atoms. The van der Waals surface area contributed by atoms with Gasteiger partial charge in [0.15, 0.2) is 11.6 Å². The van der Waals surface area contributed by atoms with Gasteiger partial charge in [-0.2, -0.15) is 0 Å². The van der Waals surface area contributed by atoms with Gasteiger partial charge in [-0.05, 0) is 12.3 Å². The highest BCUT2D eigenvalue weighted by Crippen LogP contribution is 2.24. The Balaban J connectivity index is 3.12. The van der Waals surface area contributed by atoms with Crippen molar-refractivity contribution >= 4 is 5.69 Å². The van der Waals surface area contributed by atoms with Gasteiger partial charge in [0.1, 0.15) is 5.82 Å². The summed E-state index contributed by atoms with van der Waals surface area (Å²) in [6.45, 7) is 3.77. The van der Waals surface area contributed by atoms with E-state index < -0.39 is 23.1 Å². The summed E-state index contributed by atoms with van der Waals surface area (Å²) in [4.78, 5) is 0. The maximum Gasteiger partial charge on any atom is 0.182 e. The molecule has 0 radical (unpaired) electrons. The molecule has 2 N–H and O–H groups in total. The summed E-state index contributed by atoms with van der Waals surface area (Å²) in [6.07, 6.45) is 0.968. The Morgan fingerprint density at radius 3 is 2.40 bits per heavy atom. The van der Waals surface area contributed by atoms with Crippen molar-refractivity contribution in [1.29, 1.82) is 0 Å². The Morgan fingerprint density at radius 1 is 1.27 bits per heavy atom. The van der Waals surface area contributed by atoms with E-state index in [9.17, 15) is 13.2 Å². The van der Waals surface area contributed by atoms with Crippen molar-refractivity contribution in [3.8, 4) is 0 Å².